The van der Waals surface area contributed by atoms with Gasteiger partial charge in [0.1, 0.15) is 23.9 Å². The molecular weight excluding hydrogens is 488 g/mol. The summed E-state index contributed by atoms with van der Waals surface area (Å²) in [5.41, 5.74) is -2.23. The van der Waals surface area contributed by atoms with Crippen LogP contribution in [0.25, 0.3) is 0 Å². The molecule has 1 spiro atoms. The summed E-state index contributed by atoms with van der Waals surface area (Å²) in [5, 5.41) is 11.3. The number of ether oxygens (including phenoxy) is 3. The molecule has 208 valence electrons. The molecule has 0 unspecified atom stereocenters. The van der Waals surface area contributed by atoms with Gasteiger partial charge in [-0.05, 0) is 42.6 Å². The number of furan rings is 1. The fourth-order valence-electron chi connectivity index (χ4n) is 10.5. The van der Waals surface area contributed by atoms with E-state index >= 15 is 0 Å². The van der Waals surface area contributed by atoms with E-state index in [9.17, 15) is 19.5 Å². The molecule has 1 aliphatic heterocycles. The van der Waals surface area contributed by atoms with E-state index < -0.39 is 51.7 Å². The van der Waals surface area contributed by atoms with Crippen LogP contribution in [0.1, 0.15) is 85.6 Å². The van der Waals surface area contributed by atoms with Crippen LogP contribution >= 0.6 is 0 Å². The van der Waals surface area contributed by atoms with E-state index in [2.05, 4.69) is 34.6 Å². The second kappa shape index (κ2) is 7.72. The maximum atomic E-state index is 13.9. The molecule has 4 aliphatic carbocycles. The van der Waals surface area contributed by atoms with Crippen LogP contribution in [-0.4, -0.2) is 52.8 Å². The summed E-state index contributed by atoms with van der Waals surface area (Å²) in [5.74, 6) is -1.23. The third-order valence-corrected chi connectivity index (χ3v) is 12.1. The summed E-state index contributed by atoms with van der Waals surface area (Å²) in [7, 11) is 0. The number of rotatable bonds is 3. The Hall–Kier alpha value is -2.19. The minimum Gasteiger partial charge on any atom is -0.472 e. The Morgan fingerprint density at radius 2 is 1.66 bits per heavy atom. The molecule has 1 N–H and O–H groups in total. The molecule has 0 amide bonds. The van der Waals surface area contributed by atoms with Gasteiger partial charge in [-0.3, -0.25) is 14.4 Å². The number of epoxide rings is 1. The third kappa shape index (κ3) is 2.81. The fourth-order valence-corrected chi connectivity index (χ4v) is 10.5. The first-order valence-electron chi connectivity index (χ1n) is 13.9. The first kappa shape index (κ1) is 26.1. The first-order chi connectivity index (χ1) is 17.7. The number of hydrogen-bond acceptors (Lipinski definition) is 8. The van der Waals surface area contributed by atoms with Gasteiger partial charge in [-0.2, -0.15) is 0 Å². The molecule has 0 bridgehead atoms. The molecule has 4 saturated carbocycles. The van der Waals surface area contributed by atoms with Crippen LogP contribution < -0.4 is 0 Å². The van der Waals surface area contributed by atoms with E-state index in [1.807, 2.05) is 6.07 Å². The molecule has 6 rings (SSSR count). The normalized spacial score (nSPS) is 50.2. The summed E-state index contributed by atoms with van der Waals surface area (Å²) >= 11 is 0. The van der Waals surface area contributed by atoms with Crippen molar-refractivity contribution in [1.82, 2.24) is 0 Å². The molecule has 0 aromatic carbocycles. The highest BCUT2D eigenvalue weighted by atomic mass is 16.6. The number of Topliss-reactive ketones (excluding diaryl/α,β-unsaturated/α-hetero) is 1. The quantitative estimate of drug-likeness (QED) is 0.459. The smallest absolute Gasteiger partial charge is 0.302 e. The Labute approximate surface area is 223 Å². The van der Waals surface area contributed by atoms with Crippen LogP contribution in [0, 0.1) is 33.5 Å². The van der Waals surface area contributed by atoms with Gasteiger partial charge in [0.2, 0.25) is 0 Å². The highest BCUT2D eigenvalue weighted by Crippen LogP contribution is 2.82. The van der Waals surface area contributed by atoms with Crippen molar-refractivity contribution in [3.63, 3.8) is 0 Å². The van der Waals surface area contributed by atoms with E-state index in [0.29, 0.717) is 12.8 Å². The lowest BCUT2D eigenvalue weighted by Crippen LogP contribution is -2.74. The van der Waals surface area contributed by atoms with Gasteiger partial charge in [0.05, 0.1) is 24.5 Å². The van der Waals surface area contributed by atoms with Gasteiger partial charge in [-0.25, -0.2) is 0 Å². The molecule has 5 fully saturated rings. The molecule has 38 heavy (non-hydrogen) atoms. The molecule has 1 aromatic rings. The number of ketones is 1. The zero-order valence-electron chi connectivity index (χ0n) is 23.4. The number of carbonyl (C=O) groups excluding carboxylic acids is 3. The number of aliphatic hydroxyl groups is 1. The van der Waals surface area contributed by atoms with Gasteiger partial charge in [-0.15, -0.1) is 0 Å². The molecular formula is C30H40O8. The predicted molar refractivity (Wildman–Crippen MR) is 135 cm³/mol. The Morgan fingerprint density at radius 1 is 1.00 bits per heavy atom. The second-order valence-electron chi connectivity index (χ2n) is 13.8. The lowest BCUT2D eigenvalue weighted by atomic mass is 9.35. The van der Waals surface area contributed by atoms with Crippen molar-refractivity contribution < 1.29 is 38.1 Å². The summed E-state index contributed by atoms with van der Waals surface area (Å²) in [6.45, 7) is 13.4. The van der Waals surface area contributed by atoms with E-state index in [0.717, 1.165) is 18.4 Å². The maximum Gasteiger partial charge on any atom is 0.302 e. The molecule has 8 heteroatoms. The fraction of sp³-hybridized carbons (Fsp3) is 0.767. The molecule has 1 saturated heterocycles. The molecule has 5 aliphatic rings. The zero-order valence-corrected chi connectivity index (χ0v) is 23.4. The SMILES string of the molecule is CC(=O)O[C@H]1C[C@@H](O)C(C)(C)[C@H]2C[C@@H](OC(C)=O)[C@]3(C)[C@H](CC[C@]4(C)[C@@H](c5ccoc5)C(=O)[C@@H]5O[C@]534)[C@@]12C. The van der Waals surface area contributed by atoms with Crippen molar-refractivity contribution in [2.24, 2.45) is 33.5 Å². The highest BCUT2D eigenvalue weighted by molar-refractivity contribution is 5.98. The van der Waals surface area contributed by atoms with Crippen molar-refractivity contribution >= 4 is 17.7 Å². The van der Waals surface area contributed by atoms with E-state index in [-0.39, 0.29) is 35.5 Å². The molecule has 11 atom stereocenters. The van der Waals surface area contributed by atoms with Gasteiger partial charge >= 0.3 is 11.9 Å². The third-order valence-electron chi connectivity index (χ3n) is 12.1. The van der Waals surface area contributed by atoms with Crippen molar-refractivity contribution in [1.29, 1.82) is 0 Å². The summed E-state index contributed by atoms with van der Waals surface area (Å²) < 4.78 is 24.1. The van der Waals surface area contributed by atoms with E-state index in [4.69, 9.17) is 18.6 Å². The lowest BCUT2D eigenvalue weighted by Gasteiger charge is -2.70. The monoisotopic (exact) mass is 528 g/mol. The number of fused-ring (bicyclic) bond motifs is 3. The number of aliphatic hydroxyl groups excluding tert-OH is 1. The van der Waals surface area contributed by atoms with Crippen LogP contribution in [0.4, 0.5) is 0 Å². The van der Waals surface area contributed by atoms with Crippen LogP contribution in [0.2, 0.25) is 0 Å². The van der Waals surface area contributed by atoms with Crippen molar-refractivity contribution in [3.05, 3.63) is 24.2 Å². The molecule has 8 nitrogen and oxygen atoms in total. The van der Waals surface area contributed by atoms with Crippen LogP contribution in [0.15, 0.2) is 23.0 Å². The van der Waals surface area contributed by atoms with Gasteiger partial charge in [0.25, 0.3) is 0 Å². The Morgan fingerprint density at radius 3 is 2.26 bits per heavy atom. The Balaban J connectivity index is 1.54. The molecule has 2 heterocycles. The van der Waals surface area contributed by atoms with Gasteiger partial charge in [0, 0.05) is 42.1 Å². The summed E-state index contributed by atoms with van der Waals surface area (Å²) in [6, 6.07) is 1.87. The van der Waals surface area contributed by atoms with E-state index in [1.165, 1.54) is 13.8 Å². The van der Waals surface area contributed by atoms with Gasteiger partial charge in [-0.1, -0.05) is 34.6 Å². The van der Waals surface area contributed by atoms with Crippen molar-refractivity contribution in [2.45, 2.75) is 110 Å². The molecule has 1 aromatic heterocycles. The largest absolute Gasteiger partial charge is 0.472 e. The van der Waals surface area contributed by atoms with Crippen molar-refractivity contribution in [3.8, 4) is 0 Å². The number of carbonyl (C=O) groups is 3. The first-order valence-corrected chi connectivity index (χ1v) is 13.9. The van der Waals surface area contributed by atoms with Gasteiger partial charge in [0.15, 0.2) is 5.78 Å². The lowest BCUT2D eigenvalue weighted by molar-refractivity contribution is -0.288. The van der Waals surface area contributed by atoms with Crippen molar-refractivity contribution in [2.75, 3.05) is 0 Å². The minimum absolute atomic E-state index is 0.0561. The summed E-state index contributed by atoms with van der Waals surface area (Å²) in [4.78, 5) is 38.8. The van der Waals surface area contributed by atoms with Crippen LogP contribution in [0.5, 0.6) is 0 Å². The maximum absolute atomic E-state index is 13.9. The zero-order chi connectivity index (χ0) is 27.6. The number of esters is 2. The highest BCUT2D eigenvalue weighted by Gasteiger charge is 2.90. The second-order valence-corrected chi connectivity index (χ2v) is 13.8. The van der Waals surface area contributed by atoms with Crippen LogP contribution in [-0.2, 0) is 28.6 Å². The summed E-state index contributed by atoms with van der Waals surface area (Å²) in [6.07, 6.45) is 3.28. The standard InChI is InChI=1S/C30H40O8/c1-15(31)36-21-13-20(33)26(3,4)19-12-22(37-16(2)32)29(7)18(28(19,21)6)8-10-27(5)23(17-9-11-35-14-17)24(34)25-30(27,29)38-25/h9,11,14,18-23,25,33H,8,10,12-13H2,1-7H3/t18-,19-,20-,21+,22-,23+,25+,27-,28-,29+,30+/m1/s1. The molecule has 0 radical (unpaired) electrons. The van der Waals surface area contributed by atoms with Gasteiger partial charge < -0.3 is 23.7 Å². The van der Waals surface area contributed by atoms with Crippen LogP contribution in [0.3, 0.4) is 0 Å². The van der Waals surface area contributed by atoms with E-state index in [1.54, 1.807) is 12.5 Å². The minimum atomic E-state index is -0.822. The Bertz CT molecular complexity index is 1190. The predicted octanol–water partition coefficient (Wildman–Crippen LogP) is 4.19. The average molecular weight is 529 g/mol. The average Bonchev–Trinajstić information content (AvgIpc) is 3.30. The number of hydrogen-bond donors (Lipinski definition) is 1. The Kier molecular flexibility index (Phi) is 5.29. The topological polar surface area (TPSA) is 116 Å².